The molecule has 5 nitrogen and oxygen atoms in total. The number of anilines is 2. The van der Waals surface area contributed by atoms with Crippen LogP contribution >= 0.6 is 0 Å². The van der Waals surface area contributed by atoms with Crippen LogP contribution in [-0.4, -0.2) is 76.6 Å². The van der Waals surface area contributed by atoms with Crippen molar-refractivity contribution in [2.24, 2.45) is 0 Å². The lowest BCUT2D eigenvalue weighted by Crippen LogP contribution is -2.44. The molecule has 0 bridgehead atoms. The molecule has 1 aliphatic rings. The summed E-state index contributed by atoms with van der Waals surface area (Å²) in [6.07, 6.45) is -0.358. The zero-order valence-corrected chi connectivity index (χ0v) is 13.3. The summed E-state index contributed by atoms with van der Waals surface area (Å²) >= 11 is 0. The van der Waals surface area contributed by atoms with Crippen LogP contribution in [0.4, 0.5) is 11.4 Å². The third-order valence-corrected chi connectivity index (χ3v) is 3.83. The molecule has 118 valence electrons. The van der Waals surface area contributed by atoms with E-state index in [9.17, 15) is 5.11 Å². The zero-order valence-electron chi connectivity index (χ0n) is 13.3. The number of aliphatic hydroxyl groups is 1. The van der Waals surface area contributed by atoms with E-state index in [1.807, 2.05) is 33.3 Å². The van der Waals surface area contributed by atoms with Crippen LogP contribution in [0.2, 0.25) is 0 Å². The second kappa shape index (κ2) is 7.64. The number of β-amino-alcohol motifs (C(OH)–C–C–N with tert-alkyl or cyclic N) is 1. The molecule has 1 saturated heterocycles. The second-order valence-electron chi connectivity index (χ2n) is 5.83. The van der Waals surface area contributed by atoms with Gasteiger partial charge in [0.15, 0.2) is 0 Å². The van der Waals surface area contributed by atoms with Gasteiger partial charge in [-0.25, -0.2) is 0 Å². The van der Waals surface area contributed by atoms with Crippen molar-refractivity contribution in [3.63, 3.8) is 0 Å². The van der Waals surface area contributed by atoms with Crippen molar-refractivity contribution >= 4 is 11.4 Å². The molecule has 1 fully saturated rings. The Bertz CT molecular complexity index is 433. The smallest absolute Gasteiger partial charge is 0.0841 e. The maximum absolute atomic E-state index is 10.3. The van der Waals surface area contributed by atoms with Crippen molar-refractivity contribution in [2.75, 3.05) is 70.3 Å². The number of rotatable bonds is 6. The Hall–Kier alpha value is -1.30. The number of morpholine rings is 1. The normalized spacial score (nSPS) is 17.5. The first kappa shape index (κ1) is 16.1. The Labute approximate surface area is 127 Å². The van der Waals surface area contributed by atoms with Gasteiger partial charge >= 0.3 is 0 Å². The molecule has 1 heterocycles. The van der Waals surface area contributed by atoms with Crippen LogP contribution < -0.4 is 9.80 Å². The molecule has 21 heavy (non-hydrogen) atoms. The molecule has 1 unspecified atom stereocenters. The van der Waals surface area contributed by atoms with Gasteiger partial charge in [0.25, 0.3) is 0 Å². The Morgan fingerprint density at radius 3 is 2.38 bits per heavy atom. The third kappa shape index (κ3) is 4.59. The van der Waals surface area contributed by atoms with Crippen LogP contribution in [-0.2, 0) is 4.74 Å². The average molecular weight is 293 g/mol. The summed E-state index contributed by atoms with van der Waals surface area (Å²) < 4.78 is 5.33. The molecule has 1 N–H and O–H groups in total. The maximum atomic E-state index is 10.3. The van der Waals surface area contributed by atoms with E-state index in [0.717, 1.165) is 32.0 Å². The molecular formula is C16H27N3O2. The van der Waals surface area contributed by atoms with Crippen molar-refractivity contribution in [2.45, 2.75) is 6.10 Å². The van der Waals surface area contributed by atoms with E-state index >= 15 is 0 Å². The summed E-state index contributed by atoms with van der Waals surface area (Å²) in [5.41, 5.74) is 2.31. The van der Waals surface area contributed by atoms with Gasteiger partial charge in [-0.3, -0.25) is 4.90 Å². The van der Waals surface area contributed by atoms with Crippen molar-refractivity contribution in [1.82, 2.24) is 4.90 Å². The van der Waals surface area contributed by atoms with E-state index < -0.39 is 0 Å². The Morgan fingerprint density at radius 2 is 1.76 bits per heavy atom. The highest BCUT2D eigenvalue weighted by atomic mass is 16.5. The molecule has 2 rings (SSSR count). The summed E-state index contributed by atoms with van der Waals surface area (Å²) in [6, 6.07) is 8.26. The topological polar surface area (TPSA) is 39.2 Å². The zero-order chi connectivity index (χ0) is 15.2. The van der Waals surface area contributed by atoms with E-state index in [4.69, 9.17) is 4.74 Å². The van der Waals surface area contributed by atoms with Gasteiger partial charge in [-0.05, 0) is 12.1 Å². The molecular weight excluding hydrogens is 266 g/mol. The number of para-hydroxylation sites is 2. The fourth-order valence-electron chi connectivity index (χ4n) is 2.72. The highest BCUT2D eigenvalue weighted by Gasteiger charge is 2.17. The van der Waals surface area contributed by atoms with Crippen LogP contribution in [0.25, 0.3) is 0 Å². The molecule has 1 atom stereocenters. The largest absolute Gasteiger partial charge is 0.390 e. The molecule has 0 aliphatic carbocycles. The second-order valence-corrected chi connectivity index (χ2v) is 5.83. The quantitative estimate of drug-likeness (QED) is 0.843. The van der Waals surface area contributed by atoms with Gasteiger partial charge in [0.1, 0.15) is 0 Å². The molecule has 0 saturated carbocycles. The first-order valence-corrected chi connectivity index (χ1v) is 7.53. The average Bonchev–Trinajstić information content (AvgIpc) is 2.48. The Balaban J connectivity index is 1.92. The fourth-order valence-corrected chi connectivity index (χ4v) is 2.72. The molecule has 1 aliphatic heterocycles. The molecule has 0 amide bonds. The van der Waals surface area contributed by atoms with Crippen LogP contribution in [0, 0.1) is 0 Å². The minimum Gasteiger partial charge on any atom is -0.390 e. The number of hydrogen-bond acceptors (Lipinski definition) is 5. The van der Waals surface area contributed by atoms with Crippen LogP contribution in [0.5, 0.6) is 0 Å². The van der Waals surface area contributed by atoms with E-state index in [1.54, 1.807) is 0 Å². The van der Waals surface area contributed by atoms with Crippen molar-refractivity contribution in [1.29, 1.82) is 0 Å². The maximum Gasteiger partial charge on any atom is 0.0841 e. The summed E-state index contributed by atoms with van der Waals surface area (Å²) in [5, 5.41) is 10.3. The lowest BCUT2D eigenvalue weighted by atomic mass is 10.2. The first-order chi connectivity index (χ1) is 10.1. The van der Waals surface area contributed by atoms with E-state index in [1.165, 1.54) is 5.69 Å². The molecule has 1 aromatic rings. The van der Waals surface area contributed by atoms with Crippen molar-refractivity contribution in [3.8, 4) is 0 Å². The predicted octanol–water partition coefficient (Wildman–Crippen LogP) is 0.882. The Kier molecular flexibility index (Phi) is 5.85. The minimum atomic E-state index is -0.358. The van der Waals surface area contributed by atoms with Crippen LogP contribution in [0.1, 0.15) is 0 Å². The number of likely N-dealkylation sites (N-methyl/N-ethyl adjacent to an activating group) is 1. The van der Waals surface area contributed by atoms with Gasteiger partial charge < -0.3 is 19.6 Å². The van der Waals surface area contributed by atoms with Crippen molar-refractivity contribution in [3.05, 3.63) is 24.3 Å². The monoisotopic (exact) mass is 293 g/mol. The van der Waals surface area contributed by atoms with Crippen LogP contribution in [0.3, 0.4) is 0 Å². The SMILES string of the molecule is CN(C)c1ccccc1N(C)CC(O)CN1CCOCC1. The van der Waals surface area contributed by atoms with E-state index in [-0.39, 0.29) is 6.10 Å². The highest BCUT2D eigenvalue weighted by Crippen LogP contribution is 2.26. The lowest BCUT2D eigenvalue weighted by molar-refractivity contribution is 0.0163. The van der Waals surface area contributed by atoms with E-state index in [2.05, 4.69) is 26.8 Å². The number of aliphatic hydroxyl groups excluding tert-OH is 1. The van der Waals surface area contributed by atoms with Gasteiger partial charge in [-0.15, -0.1) is 0 Å². The third-order valence-electron chi connectivity index (χ3n) is 3.83. The highest BCUT2D eigenvalue weighted by molar-refractivity contribution is 5.70. The molecule has 0 radical (unpaired) electrons. The Morgan fingerprint density at radius 1 is 1.14 bits per heavy atom. The standard InChI is InChI=1S/C16H27N3O2/c1-17(2)15-6-4-5-7-16(15)18(3)12-14(20)13-19-8-10-21-11-9-19/h4-7,14,20H,8-13H2,1-3H3. The molecule has 0 spiro atoms. The summed E-state index contributed by atoms with van der Waals surface area (Å²) in [5.74, 6) is 0. The number of benzene rings is 1. The first-order valence-electron chi connectivity index (χ1n) is 7.53. The predicted molar refractivity (Wildman–Crippen MR) is 87.3 cm³/mol. The molecule has 0 aromatic heterocycles. The van der Waals surface area contributed by atoms with E-state index in [0.29, 0.717) is 13.1 Å². The van der Waals surface area contributed by atoms with Crippen molar-refractivity contribution < 1.29 is 9.84 Å². The molecule has 1 aromatic carbocycles. The lowest BCUT2D eigenvalue weighted by Gasteiger charge is -2.31. The summed E-state index contributed by atoms with van der Waals surface area (Å²) in [4.78, 5) is 6.49. The van der Waals surface area contributed by atoms with Gasteiger partial charge in [0, 0.05) is 47.3 Å². The van der Waals surface area contributed by atoms with Gasteiger partial charge in [-0.2, -0.15) is 0 Å². The molecule has 5 heteroatoms. The fraction of sp³-hybridized carbons (Fsp3) is 0.625. The number of nitrogens with zero attached hydrogens (tertiary/aromatic N) is 3. The van der Waals surface area contributed by atoms with Gasteiger partial charge in [0.2, 0.25) is 0 Å². The van der Waals surface area contributed by atoms with Crippen LogP contribution in [0.15, 0.2) is 24.3 Å². The summed E-state index contributed by atoms with van der Waals surface area (Å²) in [7, 11) is 6.11. The number of hydrogen-bond donors (Lipinski definition) is 1. The summed E-state index contributed by atoms with van der Waals surface area (Å²) in [6.45, 7) is 4.70. The van der Waals surface area contributed by atoms with Gasteiger partial charge in [-0.1, -0.05) is 12.1 Å². The van der Waals surface area contributed by atoms with Gasteiger partial charge in [0.05, 0.1) is 30.7 Å². The minimum absolute atomic E-state index is 0.358. The number of ether oxygens (including phenoxy) is 1.